The van der Waals surface area contributed by atoms with Crippen molar-refractivity contribution in [3.05, 3.63) is 65.4 Å². The van der Waals surface area contributed by atoms with Crippen LogP contribution < -0.4 is 10.6 Å². The first kappa shape index (κ1) is 18.2. The monoisotopic (exact) mass is 394 g/mol. The molecule has 0 unspecified atom stereocenters. The highest BCUT2D eigenvalue weighted by atomic mass is 32.2. The standard InChI is InChI=1S/C17H12F2N2O3S2/c18-17(19)26-12-6-2-1-4-10(12)20-16(23)13-7-8-14(25-13)21-15(22)11-5-3-9-24-11/h1-9,17H,(H,20,23)(H,21,22). The first-order chi connectivity index (χ1) is 12.5. The fraction of sp³-hybridized carbons (Fsp3) is 0.0588. The SMILES string of the molecule is O=C(Nc1ccc(C(=O)Nc2ccccc2SC(F)F)s1)c1ccco1. The van der Waals surface area contributed by atoms with Crippen molar-refractivity contribution < 1.29 is 22.8 Å². The van der Waals surface area contributed by atoms with Gasteiger partial charge in [-0.2, -0.15) is 8.78 Å². The number of alkyl halides is 2. The van der Waals surface area contributed by atoms with Gasteiger partial charge < -0.3 is 15.1 Å². The molecular formula is C17H12F2N2O3S2. The topological polar surface area (TPSA) is 71.3 Å². The quantitative estimate of drug-likeness (QED) is 0.567. The van der Waals surface area contributed by atoms with Crippen LogP contribution in [-0.2, 0) is 0 Å². The Labute approximate surface area is 155 Å². The van der Waals surface area contributed by atoms with Gasteiger partial charge >= 0.3 is 0 Å². The molecule has 5 nitrogen and oxygen atoms in total. The first-order valence-electron chi connectivity index (χ1n) is 7.33. The molecule has 2 aromatic heterocycles. The van der Waals surface area contributed by atoms with Gasteiger partial charge in [0, 0.05) is 4.90 Å². The molecule has 0 saturated carbocycles. The summed E-state index contributed by atoms with van der Waals surface area (Å²) in [4.78, 5) is 24.9. The van der Waals surface area contributed by atoms with E-state index in [1.54, 1.807) is 36.4 Å². The molecular weight excluding hydrogens is 382 g/mol. The number of thiophene rings is 1. The Bertz CT molecular complexity index is 910. The number of rotatable bonds is 6. The van der Waals surface area contributed by atoms with Crippen molar-refractivity contribution in [1.82, 2.24) is 0 Å². The maximum Gasteiger partial charge on any atom is 0.291 e. The van der Waals surface area contributed by atoms with Crippen LogP contribution in [0, 0.1) is 0 Å². The lowest BCUT2D eigenvalue weighted by Gasteiger charge is -2.09. The number of hydrogen-bond acceptors (Lipinski definition) is 5. The lowest BCUT2D eigenvalue weighted by molar-refractivity contribution is 0.0995. The molecule has 0 spiro atoms. The zero-order valence-corrected chi connectivity index (χ0v) is 14.7. The van der Waals surface area contributed by atoms with Crippen molar-refractivity contribution >= 4 is 45.6 Å². The zero-order chi connectivity index (χ0) is 18.5. The maximum atomic E-state index is 12.6. The average molecular weight is 394 g/mol. The van der Waals surface area contributed by atoms with E-state index in [1.165, 1.54) is 18.4 Å². The summed E-state index contributed by atoms with van der Waals surface area (Å²) in [5.41, 5.74) is 0.303. The highest BCUT2D eigenvalue weighted by Gasteiger charge is 2.16. The third-order valence-electron chi connectivity index (χ3n) is 3.16. The molecule has 0 saturated heterocycles. The molecule has 0 atom stereocenters. The number of hydrogen-bond donors (Lipinski definition) is 2. The van der Waals surface area contributed by atoms with Crippen LogP contribution in [0.4, 0.5) is 19.5 Å². The number of benzene rings is 1. The predicted octanol–water partition coefficient (Wildman–Crippen LogP) is 5.16. The van der Waals surface area contributed by atoms with Crippen molar-refractivity contribution in [3.63, 3.8) is 0 Å². The Balaban J connectivity index is 1.68. The van der Waals surface area contributed by atoms with Crippen molar-refractivity contribution in [2.24, 2.45) is 0 Å². The zero-order valence-electron chi connectivity index (χ0n) is 13.1. The normalized spacial score (nSPS) is 10.7. The van der Waals surface area contributed by atoms with E-state index in [2.05, 4.69) is 10.6 Å². The summed E-state index contributed by atoms with van der Waals surface area (Å²) >= 11 is 1.43. The minimum absolute atomic E-state index is 0.155. The Hall–Kier alpha value is -2.65. The van der Waals surface area contributed by atoms with Crippen molar-refractivity contribution in [2.75, 3.05) is 10.6 Å². The number of furan rings is 1. The molecule has 26 heavy (non-hydrogen) atoms. The second kappa shape index (κ2) is 8.15. The Morgan fingerprint density at radius 2 is 1.81 bits per heavy atom. The molecule has 0 fully saturated rings. The van der Waals surface area contributed by atoms with Gasteiger partial charge in [0.15, 0.2) is 5.76 Å². The summed E-state index contributed by atoms with van der Waals surface area (Å²) in [6, 6.07) is 12.6. The summed E-state index contributed by atoms with van der Waals surface area (Å²) in [5.74, 6) is -3.31. The van der Waals surface area contributed by atoms with Gasteiger partial charge in [-0.3, -0.25) is 9.59 Å². The molecule has 1 aromatic carbocycles. The van der Waals surface area contributed by atoms with Gasteiger partial charge in [-0.15, -0.1) is 11.3 Å². The van der Waals surface area contributed by atoms with Gasteiger partial charge in [0.1, 0.15) is 0 Å². The molecule has 0 aliphatic rings. The van der Waals surface area contributed by atoms with E-state index in [0.29, 0.717) is 27.3 Å². The van der Waals surface area contributed by atoms with Gasteiger partial charge in [0.25, 0.3) is 17.6 Å². The largest absolute Gasteiger partial charge is 0.459 e. The molecule has 2 amide bonds. The van der Waals surface area contributed by atoms with Gasteiger partial charge in [0.05, 0.1) is 21.8 Å². The van der Waals surface area contributed by atoms with E-state index in [-0.39, 0.29) is 10.7 Å². The van der Waals surface area contributed by atoms with E-state index < -0.39 is 17.6 Å². The van der Waals surface area contributed by atoms with Crippen LogP contribution in [0.25, 0.3) is 0 Å². The van der Waals surface area contributed by atoms with E-state index >= 15 is 0 Å². The van der Waals surface area contributed by atoms with Crippen LogP contribution in [-0.4, -0.2) is 17.6 Å². The minimum atomic E-state index is -2.58. The van der Waals surface area contributed by atoms with Gasteiger partial charge in [0.2, 0.25) is 0 Å². The van der Waals surface area contributed by atoms with Crippen LogP contribution in [0.2, 0.25) is 0 Å². The number of anilines is 2. The van der Waals surface area contributed by atoms with E-state index in [0.717, 1.165) is 11.3 Å². The second-order valence-corrected chi connectivity index (χ2v) is 7.04. The predicted molar refractivity (Wildman–Crippen MR) is 97.2 cm³/mol. The number of nitrogens with one attached hydrogen (secondary N) is 2. The van der Waals surface area contributed by atoms with Crippen LogP contribution in [0.5, 0.6) is 0 Å². The molecule has 3 rings (SSSR count). The lowest BCUT2D eigenvalue weighted by Crippen LogP contribution is -2.11. The second-order valence-electron chi connectivity index (χ2n) is 4.92. The third kappa shape index (κ3) is 4.50. The summed E-state index contributed by atoms with van der Waals surface area (Å²) in [7, 11) is 0. The highest BCUT2D eigenvalue weighted by molar-refractivity contribution is 7.99. The van der Waals surface area contributed by atoms with Gasteiger partial charge in [-0.25, -0.2) is 0 Å². The molecule has 3 aromatic rings. The van der Waals surface area contributed by atoms with Crippen molar-refractivity contribution in [2.45, 2.75) is 10.7 Å². The average Bonchev–Trinajstić information content (AvgIpc) is 3.27. The first-order valence-corrected chi connectivity index (χ1v) is 9.02. The Morgan fingerprint density at radius 1 is 1.00 bits per heavy atom. The molecule has 0 bridgehead atoms. The van der Waals surface area contributed by atoms with Crippen LogP contribution in [0.15, 0.2) is 64.1 Å². The summed E-state index contributed by atoms with van der Waals surface area (Å²) in [6.45, 7) is 0. The number of halogens is 2. The molecule has 2 heterocycles. The number of amides is 2. The maximum absolute atomic E-state index is 12.6. The van der Waals surface area contributed by atoms with E-state index in [9.17, 15) is 18.4 Å². The fourth-order valence-corrected chi connectivity index (χ4v) is 3.45. The summed E-state index contributed by atoms with van der Waals surface area (Å²) in [5, 5.41) is 5.70. The summed E-state index contributed by atoms with van der Waals surface area (Å²) < 4.78 is 30.2. The third-order valence-corrected chi connectivity index (χ3v) is 4.95. The Kier molecular flexibility index (Phi) is 5.69. The molecule has 0 aliphatic carbocycles. The molecule has 134 valence electrons. The Morgan fingerprint density at radius 3 is 2.54 bits per heavy atom. The van der Waals surface area contributed by atoms with Gasteiger partial charge in [-0.1, -0.05) is 23.9 Å². The number of thioether (sulfide) groups is 1. The molecule has 0 aliphatic heterocycles. The number of carbonyl (C=O) groups excluding carboxylic acids is 2. The molecule has 9 heteroatoms. The van der Waals surface area contributed by atoms with E-state index in [4.69, 9.17) is 4.42 Å². The van der Waals surface area contributed by atoms with Crippen LogP contribution in [0.1, 0.15) is 20.2 Å². The minimum Gasteiger partial charge on any atom is -0.459 e. The summed E-state index contributed by atoms with van der Waals surface area (Å²) in [6.07, 6.45) is 1.39. The van der Waals surface area contributed by atoms with Crippen LogP contribution >= 0.6 is 23.1 Å². The fourth-order valence-electron chi connectivity index (χ4n) is 2.06. The number of para-hydroxylation sites is 1. The van der Waals surface area contributed by atoms with E-state index in [1.807, 2.05) is 0 Å². The highest BCUT2D eigenvalue weighted by Crippen LogP contribution is 2.32. The number of carbonyl (C=O) groups is 2. The van der Waals surface area contributed by atoms with Crippen LogP contribution in [0.3, 0.4) is 0 Å². The van der Waals surface area contributed by atoms with Crippen molar-refractivity contribution in [3.8, 4) is 0 Å². The van der Waals surface area contributed by atoms with Gasteiger partial charge in [-0.05, 0) is 36.4 Å². The molecule has 2 N–H and O–H groups in total. The molecule has 0 radical (unpaired) electrons. The van der Waals surface area contributed by atoms with Crippen molar-refractivity contribution in [1.29, 1.82) is 0 Å². The smallest absolute Gasteiger partial charge is 0.291 e. The lowest BCUT2D eigenvalue weighted by atomic mass is 10.3.